The fourth-order valence-corrected chi connectivity index (χ4v) is 0.590. The molecule has 0 saturated heterocycles. The standard InChI is InChI=1S/C7H15NO/c1-2-9-7-5-3-4-6-8/h2H,1,3-8H2. The van der Waals surface area contributed by atoms with Crippen LogP contribution in [-0.4, -0.2) is 13.2 Å². The Kier molecular flexibility index (Phi) is 7.08. The van der Waals surface area contributed by atoms with Crippen molar-refractivity contribution in [1.29, 1.82) is 0 Å². The van der Waals surface area contributed by atoms with Crippen LogP contribution < -0.4 is 5.73 Å². The summed E-state index contributed by atoms with van der Waals surface area (Å²) in [6.45, 7) is 5.00. The molecule has 2 N–H and O–H groups in total. The Morgan fingerprint density at radius 3 is 2.67 bits per heavy atom. The predicted molar refractivity (Wildman–Crippen MR) is 39.1 cm³/mol. The second-order valence-corrected chi connectivity index (χ2v) is 1.89. The van der Waals surface area contributed by atoms with Gasteiger partial charge in [-0.15, -0.1) is 0 Å². The smallest absolute Gasteiger partial charge is 0.0873 e. The zero-order chi connectivity index (χ0) is 6.95. The highest BCUT2D eigenvalue weighted by Crippen LogP contribution is 1.93. The van der Waals surface area contributed by atoms with Crippen molar-refractivity contribution in [3.8, 4) is 0 Å². The van der Waals surface area contributed by atoms with E-state index in [0.717, 1.165) is 32.4 Å². The minimum Gasteiger partial charge on any atom is -0.502 e. The summed E-state index contributed by atoms with van der Waals surface area (Å²) in [5, 5.41) is 0. The van der Waals surface area contributed by atoms with E-state index in [2.05, 4.69) is 6.58 Å². The van der Waals surface area contributed by atoms with Crippen molar-refractivity contribution >= 4 is 0 Å². The van der Waals surface area contributed by atoms with Gasteiger partial charge in [-0.2, -0.15) is 0 Å². The third-order valence-corrected chi connectivity index (χ3v) is 1.08. The van der Waals surface area contributed by atoms with Crippen LogP contribution in [0.4, 0.5) is 0 Å². The number of nitrogens with two attached hydrogens (primary N) is 1. The average Bonchev–Trinajstić information content (AvgIpc) is 1.89. The first kappa shape index (κ1) is 8.50. The largest absolute Gasteiger partial charge is 0.502 e. The Morgan fingerprint density at radius 2 is 2.11 bits per heavy atom. The lowest BCUT2D eigenvalue weighted by molar-refractivity contribution is 0.242. The van der Waals surface area contributed by atoms with Gasteiger partial charge >= 0.3 is 0 Å². The molecule has 9 heavy (non-hydrogen) atoms. The van der Waals surface area contributed by atoms with Crippen molar-refractivity contribution in [2.75, 3.05) is 13.2 Å². The fourth-order valence-electron chi connectivity index (χ4n) is 0.590. The zero-order valence-electron chi connectivity index (χ0n) is 5.81. The molecule has 0 amide bonds. The molecule has 0 aromatic rings. The van der Waals surface area contributed by atoms with Crippen molar-refractivity contribution in [3.05, 3.63) is 12.8 Å². The lowest BCUT2D eigenvalue weighted by atomic mass is 10.2. The molecule has 0 aliphatic heterocycles. The first-order valence-electron chi connectivity index (χ1n) is 3.34. The van der Waals surface area contributed by atoms with Crippen LogP contribution in [-0.2, 0) is 4.74 Å². The molecule has 0 spiro atoms. The van der Waals surface area contributed by atoms with Crippen molar-refractivity contribution in [3.63, 3.8) is 0 Å². The Morgan fingerprint density at radius 1 is 1.33 bits per heavy atom. The first-order chi connectivity index (χ1) is 4.41. The molecule has 0 bridgehead atoms. The van der Waals surface area contributed by atoms with Crippen LogP contribution in [0.25, 0.3) is 0 Å². The quantitative estimate of drug-likeness (QED) is 0.433. The molecule has 2 nitrogen and oxygen atoms in total. The number of hydrogen-bond acceptors (Lipinski definition) is 2. The van der Waals surface area contributed by atoms with Crippen molar-refractivity contribution < 1.29 is 4.74 Å². The van der Waals surface area contributed by atoms with Gasteiger partial charge in [-0.3, -0.25) is 0 Å². The minimum atomic E-state index is 0.781. The van der Waals surface area contributed by atoms with Gasteiger partial charge in [-0.05, 0) is 25.8 Å². The molecule has 0 aromatic heterocycles. The molecule has 0 heterocycles. The van der Waals surface area contributed by atoms with Crippen LogP contribution in [0.5, 0.6) is 0 Å². The number of hydrogen-bond donors (Lipinski definition) is 1. The van der Waals surface area contributed by atoms with Gasteiger partial charge in [0.15, 0.2) is 0 Å². The van der Waals surface area contributed by atoms with Gasteiger partial charge in [0, 0.05) is 0 Å². The summed E-state index contributed by atoms with van der Waals surface area (Å²) in [6, 6.07) is 0. The number of rotatable bonds is 6. The molecule has 0 radical (unpaired) electrons. The van der Waals surface area contributed by atoms with Gasteiger partial charge in [0.25, 0.3) is 0 Å². The van der Waals surface area contributed by atoms with Gasteiger partial charge in [0.2, 0.25) is 0 Å². The van der Waals surface area contributed by atoms with Crippen LogP contribution in [0.15, 0.2) is 12.8 Å². The van der Waals surface area contributed by atoms with E-state index in [0.29, 0.717) is 0 Å². The van der Waals surface area contributed by atoms with Gasteiger partial charge < -0.3 is 10.5 Å². The predicted octanol–water partition coefficient (Wildman–Crippen LogP) is 1.28. The van der Waals surface area contributed by atoms with E-state index in [-0.39, 0.29) is 0 Å². The summed E-state index contributed by atoms with van der Waals surface area (Å²) < 4.78 is 4.90. The molecule has 0 aliphatic carbocycles. The van der Waals surface area contributed by atoms with E-state index in [1.54, 1.807) is 0 Å². The molecule has 2 heteroatoms. The highest BCUT2D eigenvalue weighted by Gasteiger charge is 1.84. The molecule has 0 atom stereocenters. The third-order valence-electron chi connectivity index (χ3n) is 1.08. The summed E-state index contributed by atoms with van der Waals surface area (Å²) in [5.41, 5.74) is 5.28. The molecule has 0 aromatic carbocycles. The molecule has 0 fully saturated rings. The highest BCUT2D eigenvalue weighted by molar-refractivity contribution is 4.49. The number of ether oxygens (including phenoxy) is 1. The Hall–Kier alpha value is -0.500. The van der Waals surface area contributed by atoms with Crippen LogP contribution in [0, 0.1) is 0 Å². The van der Waals surface area contributed by atoms with Crippen molar-refractivity contribution in [2.45, 2.75) is 19.3 Å². The highest BCUT2D eigenvalue weighted by atomic mass is 16.5. The molecular weight excluding hydrogens is 114 g/mol. The lowest BCUT2D eigenvalue weighted by Crippen LogP contribution is -1.98. The maximum atomic E-state index is 5.28. The van der Waals surface area contributed by atoms with E-state index >= 15 is 0 Å². The molecule has 0 unspecified atom stereocenters. The van der Waals surface area contributed by atoms with E-state index in [1.165, 1.54) is 6.26 Å². The second kappa shape index (κ2) is 7.50. The van der Waals surface area contributed by atoms with Crippen LogP contribution in [0.1, 0.15) is 19.3 Å². The summed E-state index contributed by atoms with van der Waals surface area (Å²) in [5.74, 6) is 0. The van der Waals surface area contributed by atoms with Crippen molar-refractivity contribution in [2.24, 2.45) is 5.73 Å². The fraction of sp³-hybridized carbons (Fsp3) is 0.714. The van der Waals surface area contributed by atoms with Gasteiger partial charge in [0.05, 0.1) is 12.9 Å². The van der Waals surface area contributed by atoms with E-state index < -0.39 is 0 Å². The maximum Gasteiger partial charge on any atom is 0.0873 e. The lowest BCUT2D eigenvalue weighted by Gasteiger charge is -1.97. The van der Waals surface area contributed by atoms with Crippen LogP contribution in [0.3, 0.4) is 0 Å². The van der Waals surface area contributed by atoms with Gasteiger partial charge in [-0.25, -0.2) is 0 Å². The first-order valence-corrected chi connectivity index (χ1v) is 3.34. The zero-order valence-corrected chi connectivity index (χ0v) is 5.81. The molecule has 54 valence electrons. The van der Waals surface area contributed by atoms with E-state index in [1.807, 2.05) is 0 Å². The topological polar surface area (TPSA) is 35.2 Å². The van der Waals surface area contributed by atoms with Crippen LogP contribution >= 0.6 is 0 Å². The van der Waals surface area contributed by atoms with Gasteiger partial charge in [-0.1, -0.05) is 6.58 Å². The van der Waals surface area contributed by atoms with Crippen LogP contribution in [0.2, 0.25) is 0 Å². The normalized spacial score (nSPS) is 9.00. The molecular formula is C7H15NO. The summed E-state index contributed by atoms with van der Waals surface area (Å²) in [4.78, 5) is 0. The SMILES string of the molecule is C=COCCCCCN. The summed E-state index contributed by atoms with van der Waals surface area (Å²) in [6.07, 6.45) is 4.82. The molecule has 0 aliphatic rings. The Bertz CT molecular complexity index is 63.9. The Labute approximate surface area is 56.7 Å². The maximum absolute atomic E-state index is 5.28. The Balaban J connectivity index is 2.66. The molecule has 0 saturated carbocycles. The minimum absolute atomic E-state index is 0.781. The average molecular weight is 129 g/mol. The summed E-state index contributed by atoms with van der Waals surface area (Å²) >= 11 is 0. The van der Waals surface area contributed by atoms with E-state index in [9.17, 15) is 0 Å². The number of unbranched alkanes of at least 4 members (excludes halogenated alkanes) is 2. The molecule has 0 rings (SSSR count). The van der Waals surface area contributed by atoms with E-state index in [4.69, 9.17) is 10.5 Å². The third kappa shape index (κ3) is 7.50. The van der Waals surface area contributed by atoms with Crippen molar-refractivity contribution in [1.82, 2.24) is 0 Å². The second-order valence-electron chi connectivity index (χ2n) is 1.89. The monoisotopic (exact) mass is 129 g/mol. The van der Waals surface area contributed by atoms with Gasteiger partial charge in [0.1, 0.15) is 0 Å². The summed E-state index contributed by atoms with van der Waals surface area (Å²) in [7, 11) is 0.